The van der Waals surface area contributed by atoms with Gasteiger partial charge >= 0.3 is 12.0 Å². The monoisotopic (exact) mass is 280 g/mol. The molecule has 1 unspecified atom stereocenters. The fraction of sp³-hybridized carbons (Fsp3) is 0.385. The van der Waals surface area contributed by atoms with Gasteiger partial charge in [-0.05, 0) is 12.1 Å². The average molecular weight is 280 g/mol. The van der Waals surface area contributed by atoms with Crippen LogP contribution in [0.2, 0.25) is 0 Å². The van der Waals surface area contributed by atoms with E-state index in [0.717, 1.165) is 0 Å². The summed E-state index contributed by atoms with van der Waals surface area (Å²) in [5.41, 5.74) is -0.904. The molecule has 0 bridgehead atoms. The van der Waals surface area contributed by atoms with Gasteiger partial charge in [0.05, 0.1) is 19.4 Å². The lowest BCUT2D eigenvalue weighted by Gasteiger charge is -2.24. The summed E-state index contributed by atoms with van der Waals surface area (Å²) in [6.45, 7) is 0.267. The smallest absolute Gasteiger partial charge is 0.332 e. The number of carbonyl (C=O) groups is 2. The number of carboxylic acids is 1. The molecule has 1 aromatic rings. The number of nitrogens with one attached hydrogen (secondary N) is 2. The number of para-hydroxylation sites is 2. The molecule has 20 heavy (non-hydrogen) atoms. The molecule has 1 aliphatic heterocycles. The van der Waals surface area contributed by atoms with E-state index in [0.29, 0.717) is 18.0 Å². The van der Waals surface area contributed by atoms with Gasteiger partial charge in [0.25, 0.3) is 0 Å². The second-order valence-corrected chi connectivity index (χ2v) is 4.47. The van der Waals surface area contributed by atoms with Gasteiger partial charge in [-0.25, -0.2) is 9.59 Å². The predicted molar refractivity (Wildman–Crippen MR) is 71.0 cm³/mol. The Morgan fingerprint density at radius 2 is 2.15 bits per heavy atom. The Kier molecular flexibility index (Phi) is 4.09. The van der Waals surface area contributed by atoms with Crippen molar-refractivity contribution >= 4 is 17.7 Å². The minimum atomic E-state index is -1.37. The Labute approximate surface area is 115 Å². The molecule has 1 aliphatic rings. The van der Waals surface area contributed by atoms with E-state index in [1.54, 1.807) is 24.3 Å². The van der Waals surface area contributed by atoms with Crippen LogP contribution in [0.25, 0.3) is 0 Å². The van der Waals surface area contributed by atoms with E-state index in [1.807, 2.05) is 0 Å². The third-order valence-corrected chi connectivity index (χ3v) is 3.14. The number of rotatable bonds is 4. The minimum Gasteiger partial charge on any atom is -0.495 e. The number of hydrogen-bond donors (Lipinski definition) is 3. The van der Waals surface area contributed by atoms with Crippen LogP contribution in [0.5, 0.6) is 5.75 Å². The zero-order valence-corrected chi connectivity index (χ0v) is 11.0. The van der Waals surface area contributed by atoms with E-state index in [9.17, 15) is 14.7 Å². The highest BCUT2D eigenvalue weighted by atomic mass is 16.5. The van der Waals surface area contributed by atoms with Crippen molar-refractivity contribution in [3.63, 3.8) is 0 Å². The van der Waals surface area contributed by atoms with Gasteiger partial charge in [0.15, 0.2) is 5.54 Å². The summed E-state index contributed by atoms with van der Waals surface area (Å²) in [6, 6.07) is 6.26. The van der Waals surface area contributed by atoms with Gasteiger partial charge in [-0.15, -0.1) is 0 Å². The highest BCUT2D eigenvalue weighted by Crippen LogP contribution is 2.24. The molecule has 1 atom stereocenters. The number of hydrogen-bond acceptors (Lipinski definition) is 4. The van der Waals surface area contributed by atoms with Crippen LogP contribution in [-0.2, 0) is 9.53 Å². The van der Waals surface area contributed by atoms with E-state index in [-0.39, 0.29) is 13.0 Å². The third-order valence-electron chi connectivity index (χ3n) is 3.14. The fourth-order valence-corrected chi connectivity index (χ4v) is 2.00. The first-order valence-corrected chi connectivity index (χ1v) is 6.11. The van der Waals surface area contributed by atoms with Crippen molar-refractivity contribution in [2.75, 3.05) is 25.6 Å². The molecule has 3 N–H and O–H groups in total. The van der Waals surface area contributed by atoms with E-state index < -0.39 is 17.5 Å². The molecule has 2 amide bonds. The SMILES string of the molecule is COc1ccccc1NC(=O)NC1(C(=O)O)CCOC1. The fourth-order valence-electron chi connectivity index (χ4n) is 2.00. The first kappa shape index (κ1) is 14.1. The van der Waals surface area contributed by atoms with Crippen molar-refractivity contribution < 1.29 is 24.2 Å². The zero-order valence-electron chi connectivity index (χ0n) is 11.0. The molecule has 7 nitrogen and oxygen atoms in total. The molecule has 7 heteroatoms. The highest BCUT2D eigenvalue weighted by Gasteiger charge is 2.44. The summed E-state index contributed by atoms with van der Waals surface area (Å²) < 4.78 is 10.2. The number of amides is 2. The Balaban J connectivity index is 2.07. The molecule has 2 rings (SSSR count). The average Bonchev–Trinajstić information content (AvgIpc) is 2.89. The standard InChI is InChI=1S/C13H16N2O5/c1-19-10-5-3-2-4-9(10)14-12(18)15-13(11(16)17)6-7-20-8-13/h2-5H,6-8H2,1H3,(H,16,17)(H2,14,15,18). The maximum absolute atomic E-state index is 11.9. The molecule has 1 saturated heterocycles. The van der Waals surface area contributed by atoms with Gasteiger partial charge in [-0.3, -0.25) is 0 Å². The summed E-state index contributed by atoms with van der Waals surface area (Å²) in [5, 5.41) is 14.3. The van der Waals surface area contributed by atoms with Gasteiger partial charge in [0, 0.05) is 13.0 Å². The summed E-state index contributed by atoms with van der Waals surface area (Å²) in [7, 11) is 1.49. The van der Waals surface area contributed by atoms with Gasteiger partial charge in [0.1, 0.15) is 5.75 Å². The quantitative estimate of drug-likeness (QED) is 0.766. The molecule has 1 aromatic carbocycles. The van der Waals surface area contributed by atoms with Crippen molar-refractivity contribution in [3.05, 3.63) is 24.3 Å². The van der Waals surface area contributed by atoms with Crippen molar-refractivity contribution in [1.82, 2.24) is 5.32 Å². The van der Waals surface area contributed by atoms with E-state index in [1.165, 1.54) is 7.11 Å². The number of carbonyl (C=O) groups excluding carboxylic acids is 1. The van der Waals surface area contributed by atoms with E-state index >= 15 is 0 Å². The van der Waals surface area contributed by atoms with Gasteiger partial charge in [-0.1, -0.05) is 12.1 Å². The van der Waals surface area contributed by atoms with E-state index in [2.05, 4.69) is 10.6 Å². The molecule has 0 radical (unpaired) electrons. The molecule has 1 heterocycles. The third kappa shape index (κ3) is 2.83. The van der Waals surface area contributed by atoms with Crippen molar-refractivity contribution in [2.45, 2.75) is 12.0 Å². The lowest BCUT2D eigenvalue weighted by molar-refractivity contribution is -0.144. The molecular formula is C13H16N2O5. The van der Waals surface area contributed by atoms with Crippen LogP contribution in [0.15, 0.2) is 24.3 Å². The number of methoxy groups -OCH3 is 1. The minimum absolute atomic E-state index is 0.0400. The normalized spacial score (nSPS) is 21.2. The summed E-state index contributed by atoms with van der Waals surface area (Å²) in [4.78, 5) is 23.2. The lowest BCUT2D eigenvalue weighted by Crippen LogP contribution is -2.56. The summed E-state index contributed by atoms with van der Waals surface area (Å²) in [6.07, 6.45) is 0.238. The lowest BCUT2D eigenvalue weighted by atomic mass is 9.99. The predicted octanol–water partition coefficient (Wildman–Crippen LogP) is 1.06. The van der Waals surface area contributed by atoms with Gasteiger partial charge < -0.3 is 25.2 Å². The van der Waals surface area contributed by atoms with Crippen LogP contribution in [0.1, 0.15) is 6.42 Å². The molecular weight excluding hydrogens is 264 g/mol. The second-order valence-electron chi connectivity index (χ2n) is 4.47. The second kappa shape index (κ2) is 5.79. The maximum Gasteiger partial charge on any atom is 0.332 e. The van der Waals surface area contributed by atoms with Crippen molar-refractivity contribution in [2.24, 2.45) is 0 Å². The van der Waals surface area contributed by atoms with Crippen LogP contribution in [0.4, 0.5) is 10.5 Å². The Bertz CT molecular complexity index is 511. The topological polar surface area (TPSA) is 96.9 Å². The maximum atomic E-state index is 11.9. The zero-order chi connectivity index (χ0) is 14.6. The summed E-state index contributed by atoms with van der Waals surface area (Å²) >= 11 is 0. The van der Waals surface area contributed by atoms with Crippen molar-refractivity contribution in [3.8, 4) is 5.75 Å². The number of aliphatic carboxylic acids is 1. The Hall–Kier alpha value is -2.28. The highest BCUT2D eigenvalue weighted by molar-refractivity contribution is 5.95. The number of ether oxygens (including phenoxy) is 2. The number of benzene rings is 1. The molecule has 0 aromatic heterocycles. The number of urea groups is 1. The molecule has 0 saturated carbocycles. The van der Waals surface area contributed by atoms with Crippen LogP contribution < -0.4 is 15.4 Å². The molecule has 1 fully saturated rings. The van der Waals surface area contributed by atoms with E-state index in [4.69, 9.17) is 9.47 Å². The summed E-state index contributed by atoms with van der Waals surface area (Å²) in [5.74, 6) is -0.611. The first-order valence-electron chi connectivity index (χ1n) is 6.11. The van der Waals surface area contributed by atoms with Gasteiger partial charge in [0.2, 0.25) is 0 Å². The Morgan fingerprint density at radius 3 is 2.75 bits per heavy atom. The number of carboxylic acid groups (broad SMARTS) is 1. The number of anilines is 1. The van der Waals surface area contributed by atoms with Crippen LogP contribution >= 0.6 is 0 Å². The molecule has 108 valence electrons. The van der Waals surface area contributed by atoms with Crippen LogP contribution in [0.3, 0.4) is 0 Å². The van der Waals surface area contributed by atoms with Gasteiger partial charge in [-0.2, -0.15) is 0 Å². The largest absolute Gasteiger partial charge is 0.495 e. The van der Waals surface area contributed by atoms with Crippen LogP contribution in [0, 0.1) is 0 Å². The molecule has 0 spiro atoms. The first-order chi connectivity index (χ1) is 9.57. The van der Waals surface area contributed by atoms with Crippen molar-refractivity contribution in [1.29, 1.82) is 0 Å². The van der Waals surface area contributed by atoms with Crippen LogP contribution in [-0.4, -0.2) is 43.0 Å². The Morgan fingerprint density at radius 1 is 1.40 bits per heavy atom. The molecule has 0 aliphatic carbocycles.